The molecule has 0 bridgehead atoms. The molecule has 3 fully saturated rings. The van der Waals surface area contributed by atoms with Crippen molar-refractivity contribution >= 4 is 5.91 Å². The lowest BCUT2D eigenvalue weighted by atomic mass is 9.95. The fourth-order valence-corrected chi connectivity index (χ4v) is 4.88. The van der Waals surface area contributed by atoms with E-state index in [1.54, 1.807) is 18.3 Å². The van der Waals surface area contributed by atoms with E-state index in [0.29, 0.717) is 19.0 Å². The van der Waals surface area contributed by atoms with Crippen LogP contribution in [0.4, 0.5) is 0 Å². The van der Waals surface area contributed by atoms with Gasteiger partial charge >= 0.3 is 0 Å². The third kappa shape index (κ3) is 5.10. The van der Waals surface area contributed by atoms with Crippen molar-refractivity contribution in [3.8, 4) is 17.1 Å². The maximum absolute atomic E-state index is 12.5. The standard InChI is InChI=1S/C24H32N4O3/c29-21-3-1-2-20(12-21)24-25-8-11-27(24)15-22-16-28(23(30)17-31-22)14-19-6-9-26(10-7-19)13-18-4-5-18/h1-3,8,11-12,18-19,22,29H,4-7,9-10,13-17H2. The molecule has 2 saturated heterocycles. The monoisotopic (exact) mass is 424 g/mol. The number of amides is 1. The van der Waals surface area contributed by atoms with E-state index in [4.69, 9.17) is 4.74 Å². The van der Waals surface area contributed by atoms with Crippen molar-refractivity contribution in [1.82, 2.24) is 19.4 Å². The van der Waals surface area contributed by atoms with E-state index < -0.39 is 0 Å². The van der Waals surface area contributed by atoms with Crippen LogP contribution in [0.15, 0.2) is 36.7 Å². The summed E-state index contributed by atoms with van der Waals surface area (Å²) in [5, 5.41) is 9.80. The van der Waals surface area contributed by atoms with Gasteiger partial charge in [-0.25, -0.2) is 4.98 Å². The van der Waals surface area contributed by atoms with Crippen LogP contribution >= 0.6 is 0 Å². The van der Waals surface area contributed by atoms with Crippen molar-refractivity contribution in [2.24, 2.45) is 11.8 Å². The quantitative estimate of drug-likeness (QED) is 0.740. The normalized spacial score (nSPS) is 23.4. The van der Waals surface area contributed by atoms with E-state index in [9.17, 15) is 9.90 Å². The first-order chi connectivity index (χ1) is 15.1. The largest absolute Gasteiger partial charge is 0.508 e. The smallest absolute Gasteiger partial charge is 0.248 e. The van der Waals surface area contributed by atoms with Gasteiger partial charge in [-0.05, 0) is 62.7 Å². The van der Waals surface area contributed by atoms with Gasteiger partial charge in [0.25, 0.3) is 0 Å². The summed E-state index contributed by atoms with van der Waals surface area (Å²) in [4.78, 5) is 21.6. The SMILES string of the molecule is O=C1COC(Cn2ccnc2-c2cccc(O)c2)CN1CC1CCN(CC2CC2)CC1. The molecule has 0 radical (unpaired) electrons. The van der Waals surface area contributed by atoms with E-state index in [1.165, 1.54) is 45.3 Å². The van der Waals surface area contributed by atoms with Crippen molar-refractivity contribution in [1.29, 1.82) is 0 Å². The first-order valence-electron chi connectivity index (χ1n) is 11.6. The van der Waals surface area contributed by atoms with Gasteiger partial charge < -0.3 is 24.2 Å². The van der Waals surface area contributed by atoms with Crippen molar-refractivity contribution in [3.63, 3.8) is 0 Å². The predicted octanol–water partition coefficient (Wildman–Crippen LogP) is 2.61. The summed E-state index contributed by atoms with van der Waals surface area (Å²) in [5.74, 6) is 2.67. The molecule has 31 heavy (non-hydrogen) atoms. The fourth-order valence-electron chi connectivity index (χ4n) is 4.88. The van der Waals surface area contributed by atoms with E-state index in [2.05, 4.69) is 9.88 Å². The van der Waals surface area contributed by atoms with Crippen LogP contribution < -0.4 is 0 Å². The van der Waals surface area contributed by atoms with E-state index in [1.807, 2.05) is 27.8 Å². The number of morpholine rings is 1. The van der Waals surface area contributed by atoms with Crippen molar-refractivity contribution in [2.75, 3.05) is 39.3 Å². The molecular formula is C24H32N4O3. The Labute approximate surface area is 183 Å². The third-order valence-corrected chi connectivity index (χ3v) is 6.84. The zero-order chi connectivity index (χ0) is 21.2. The lowest BCUT2D eigenvalue weighted by Crippen LogP contribution is -2.50. The lowest BCUT2D eigenvalue weighted by Gasteiger charge is -2.38. The van der Waals surface area contributed by atoms with Crippen LogP contribution in [-0.2, 0) is 16.1 Å². The molecule has 0 spiro atoms. The Morgan fingerprint density at radius 1 is 1.06 bits per heavy atom. The molecule has 7 heteroatoms. The number of hydrogen-bond acceptors (Lipinski definition) is 5. The average Bonchev–Trinajstić information content (AvgIpc) is 3.46. The number of ether oxygens (including phenoxy) is 1. The maximum atomic E-state index is 12.5. The second-order valence-corrected chi connectivity index (χ2v) is 9.37. The maximum Gasteiger partial charge on any atom is 0.248 e. The molecule has 3 aliphatic rings. The first-order valence-corrected chi connectivity index (χ1v) is 11.6. The third-order valence-electron chi connectivity index (χ3n) is 6.84. The van der Waals surface area contributed by atoms with Crippen LogP contribution in [-0.4, -0.2) is 75.8 Å². The van der Waals surface area contributed by atoms with Gasteiger partial charge in [-0.3, -0.25) is 4.79 Å². The molecule has 1 N–H and O–H groups in total. The number of imidazole rings is 1. The highest BCUT2D eigenvalue weighted by Crippen LogP contribution is 2.31. The Kier molecular flexibility index (Phi) is 5.96. The highest BCUT2D eigenvalue weighted by Gasteiger charge is 2.31. The van der Waals surface area contributed by atoms with Crippen LogP contribution in [0.2, 0.25) is 0 Å². The number of phenols is 1. The number of carbonyl (C=O) groups is 1. The first kappa shape index (κ1) is 20.5. The molecule has 5 rings (SSSR count). The molecule has 2 aromatic rings. The molecule has 1 atom stereocenters. The van der Waals surface area contributed by atoms with Crippen LogP contribution in [0.1, 0.15) is 25.7 Å². The summed E-state index contributed by atoms with van der Waals surface area (Å²) in [6.45, 7) is 5.88. The van der Waals surface area contributed by atoms with Crippen molar-refractivity contribution < 1.29 is 14.6 Å². The molecule has 3 heterocycles. The zero-order valence-electron chi connectivity index (χ0n) is 18.0. The van der Waals surface area contributed by atoms with Gasteiger partial charge in [-0.2, -0.15) is 0 Å². The van der Waals surface area contributed by atoms with Gasteiger partial charge in [0.1, 0.15) is 18.2 Å². The summed E-state index contributed by atoms with van der Waals surface area (Å²) in [5.41, 5.74) is 0.867. The average molecular weight is 425 g/mol. The Hall–Kier alpha value is -2.38. The lowest BCUT2D eigenvalue weighted by molar-refractivity contribution is -0.150. The Bertz CT molecular complexity index is 902. The fraction of sp³-hybridized carbons (Fsp3) is 0.583. The summed E-state index contributed by atoms with van der Waals surface area (Å²) >= 11 is 0. The van der Waals surface area contributed by atoms with E-state index in [-0.39, 0.29) is 24.4 Å². The van der Waals surface area contributed by atoms with E-state index in [0.717, 1.165) is 23.9 Å². The number of hydrogen-bond donors (Lipinski definition) is 1. The molecule has 1 aliphatic carbocycles. The molecule has 166 valence electrons. The topological polar surface area (TPSA) is 70.8 Å². The molecule has 7 nitrogen and oxygen atoms in total. The second-order valence-electron chi connectivity index (χ2n) is 9.37. The summed E-state index contributed by atoms with van der Waals surface area (Å²) in [6.07, 6.45) is 8.83. The van der Waals surface area contributed by atoms with Gasteiger partial charge in [0.05, 0.1) is 12.6 Å². The molecular weight excluding hydrogens is 392 g/mol. The minimum Gasteiger partial charge on any atom is -0.508 e. The van der Waals surface area contributed by atoms with Crippen molar-refractivity contribution in [2.45, 2.75) is 38.3 Å². The Morgan fingerprint density at radius 3 is 2.65 bits per heavy atom. The van der Waals surface area contributed by atoms with Gasteiger partial charge in [0, 0.05) is 37.6 Å². The van der Waals surface area contributed by atoms with Gasteiger partial charge in [-0.1, -0.05) is 12.1 Å². The van der Waals surface area contributed by atoms with Gasteiger partial charge in [0.2, 0.25) is 5.91 Å². The van der Waals surface area contributed by atoms with Gasteiger partial charge in [0.15, 0.2) is 0 Å². The number of likely N-dealkylation sites (tertiary alicyclic amines) is 1. The molecule has 1 aromatic carbocycles. The molecule has 2 aliphatic heterocycles. The van der Waals surface area contributed by atoms with Crippen LogP contribution in [0, 0.1) is 11.8 Å². The number of piperidine rings is 1. The van der Waals surface area contributed by atoms with Crippen LogP contribution in [0.3, 0.4) is 0 Å². The van der Waals surface area contributed by atoms with Crippen LogP contribution in [0.5, 0.6) is 5.75 Å². The number of nitrogens with zero attached hydrogens (tertiary/aromatic N) is 4. The van der Waals surface area contributed by atoms with Crippen molar-refractivity contribution in [3.05, 3.63) is 36.7 Å². The molecule has 1 aromatic heterocycles. The number of phenolic OH excluding ortho intramolecular Hbond substituents is 1. The summed E-state index contributed by atoms with van der Waals surface area (Å²) < 4.78 is 7.91. The van der Waals surface area contributed by atoms with Gasteiger partial charge in [-0.15, -0.1) is 0 Å². The minimum absolute atomic E-state index is 0.0575. The van der Waals surface area contributed by atoms with E-state index >= 15 is 0 Å². The number of benzene rings is 1. The number of aromatic nitrogens is 2. The summed E-state index contributed by atoms with van der Waals surface area (Å²) in [7, 11) is 0. The molecule has 1 saturated carbocycles. The Morgan fingerprint density at radius 2 is 1.87 bits per heavy atom. The minimum atomic E-state index is -0.0575. The Balaban J connectivity index is 1.17. The highest BCUT2D eigenvalue weighted by molar-refractivity contribution is 5.78. The number of aromatic hydroxyl groups is 1. The second kappa shape index (κ2) is 9.01. The number of rotatable bonds is 7. The zero-order valence-corrected chi connectivity index (χ0v) is 18.0. The number of carbonyl (C=O) groups excluding carboxylic acids is 1. The van der Waals surface area contributed by atoms with Crippen LogP contribution in [0.25, 0.3) is 11.4 Å². The summed E-state index contributed by atoms with van der Waals surface area (Å²) in [6, 6.07) is 7.12. The highest BCUT2D eigenvalue weighted by atomic mass is 16.5. The molecule has 1 amide bonds. The molecule has 1 unspecified atom stereocenters. The predicted molar refractivity (Wildman–Crippen MR) is 118 cm³/mol.